The molecule has 10 heteroatoms. The van der Waals surface area contributed by atoms with Crippen LogP contribution in [0.5, 0.6) is 0 Å². The monoisotopic (exact) mass is 356 g/mol. The molecule has 0 aliphatic carbocycles. The van der Waals surface area contributed by atoms with Gasteiger partial charge in [-0.15, -0.1) is 0 Å². The molecule has 0 spiro atoms. The number of sulfonamides is 1. The highest BCUT2D eigenvalue weighted by Gasteiger charge is 2.28. The van der Waals surface area contributed by atoms with E-state index >= 15 is 0 Å². The second-order valence-electron chi connectivity index (χ2n) is 5.54. The minimum Gasteiger partial charge on any atom is -0.383 e. The van der Waals surface area contributed by atoms with Gasteiger partial charge in [0.15, 0.2) is 0 Å². The van der Waals surface area contributed by atoms with Crippen molar-refractivity contribution in [2.24, 2.45) is 0 Å². The number of likely N-dealkylation sites (tertiary alicyclic amines) is 1. The number of nitrogens with one attached hydrogen (secondary N) is 1. The summed E-state index contributed by atoms with van der Waals surface area (Å²) < 4.78 is 26.1. The van der Waals surface area contributed by atoms with Crippen LogP contribution in [-0.4, -0.2) is 62.2 Å². The predicted molar refractivity (Wildman–Crippen MR) is 88.3 cm³/mol. The molecule has 1 amide bonds. The van der Waals surface area contributed by atoms with Crippen LogP contribution in [-0.2, 0) is 14.8 Å². The SMILES string of the molecule is CNc1ccc(S(=O)(=O)N(C)CC(=O)N2CCCC2)cc1[N+](=O)[O-]. The van der Waals surface area contributed by atoms with Crippen molar-refractivity contribution in [2.75, 3.05) is 39.0 Å². The number of anilines is 1. The Morgan fingerprint density at radius 1 is 1.38 bits per heavy atom. The summed E-state index contributed by atoms with van der Waals surface area (Å²) in [6.45, 7) is 0.980. The van der Waals surface area contributed by atoms with Crippen LogP contribution in [0.15, 0.2) is 23.1 Å². The number of likely N-dealkylation sites (N-methyl/N-ethyl adjacent to an activating group) is 1. The van der Waals surface area contributed by atoms with Crippen molar-refractivity contribution < 1.29 is 18.1 Å². The molecule has 0 bridgehead atoms. The third kappa shape index (κ3) is 3.65. The Bertz CT molecular complexity index is 744. The largest absolute Gasteiger partial charge is 0.383 e. The Hall–Kier alpha value is -2.20. The third-order valence-corrected chi connectivity index (χ3v) is 5.76. The lowest BCUT2D eigenvalue weighted by Crippen LogP contribution is -2.39. The predicted octanol–water partition coefficient (Wildman–Crippen LogP) is 0.879. The maximum atomic E-state index is 12.6. The van der Waals surface area contributed by atoms with Crippen LogP contribution in [0.4, 0.5) is 11.4 Å². The summed E-state index contributed by atoms with van der Waals surface area (Å²) in [7, 11) is -1.19. The van der Waals surface area contributed by atoms with Gasteiger partial charge in [-0.25, -0.2) is 8.42 Å². The fraction of sp³-hybridized carbons (Fsp3) is 0.500. The van der Waals surface area contributed by atoms with Gasteiger partial charge >= 0.3 is 0 Å². The number of carbonyl (C=O) groups excluding carboxylic acids is 1. The molecule has 0 radical (unpaired) electrons. The lowest BCUT2D eigenvalue weighted by Gasteiger charge is -2.21. The van der Waals surface area contributed by atoms with Crippen molar-refractivity contribution in [1.29, 1.82) is 0 Å². The maximum Gasteiger partial charge on any atom is 0.293 e. The number of nitrogens with zero attached hydrogens (tertiary/aromatic N) is 3. The van der Waals surface area contributed by atoms with Gasteiger partial charge in [-0.3, -0.25) is 14.9 Å². The first-order valence-electron chi connectivity index (χ1n) is 7.47. The van der Waals surface area contributed by atoms with Gasteiger partial charge in [-0.2, -0.15) is 4.31 Å². The minimum absolute atomic E-state index is 0.217. The van der Waals surface area contributed by atoms with Gasteiger partial charge in [-0.1, -0.05) is 0 Å². The van der Waals surface area contributed by atoms with E-state index in [2.05, 4.69) is 5.32 Å². The summed E-state index contributed by atoms with van der Waals surface area (Å²) in [6, 6.07) is 3.62. The quantitative estimate of drug-likeness (QED) is 0.598. The fourth-order valence-corrected chi connectivity index (χ4v) is 3.70. The van der Waals surface area contributed by atoms with Crippen LogP contribution in [0.2, 0.25) is 0 Å². The third-order valence-electron chi connectivity index (χ3n) is 3.96. The van der Waals surface area contributed by atoms with Gasteiger partial charge in [0.25, 0.3) is 5.69 Å². The van der Waals surface area contributed by atoms with Gasteiger partial charge < -0.3 is 10.2 Å². The molecule has 1 saturated heterocycles. The van der Waals surface area contributed by atoms with Crippen LogP contribution >= 0.6 is 0 Å². The molecule has 1 N–H and O–H groups in total. The Morgan fingerprint density at radius 3 is 2.54 bits per heavy atom. The number of hydrogen-bond donors (Lipinski definition) is 1. The lowest BCUT2D eigenvalue weighted by atomic mass is 10.3. The van der Waals surface area contributed by atoms with Gasteiger partial charge in [0.2, 0.25) is 15.9 Å². The first-order valence-corrected chi connectivity index (χ1v) is 8.91. The van der Waals surface area contributed by atoms with Crippen LogP contribution < -0.4 is 5.32 Å². The van der Waals surface area contributed by atoms with Gasteiger partial charge in [-0.05, 0) is 25.0 Å². The molecular formula is C14H20N4O5S. The van der Waals surface area contributed by atoms with E-state index in [0.29, 0.717) is 13.1 Å². The van der Waals surface area contributed by atoms with Crippen molar-refractivity contribution in [3.63, 3.8) is 0 Å². The second kappa shape index (κ2) is 7.14. The lowest BCUT2D eigenvalue weighted by molar-refractivity contribution is -0.384. The Morgan fingerprint density at radius 2 is 2.00 bits per heavy atom. The van der Waals surface area contributed by atoms with E-state index in [4.69, 9.17) is 0 Å². The molecule has 1 aliphatic heterocycles. The number of hydrogen-bond acceptors (Lipinski definition) is 6. The molecule has 132 valence electrons. The zero-order valence-corrected chi connectivity index (χ0v) is 14.4. The summed E-state index contributed by atoms with van der Waals surface area (Å²) >= 11 is 0. The molecule has 0 atom stereocenters. The van der Waals surface area contributed by atoms with E-state index in [9.17, 15) is 23.3 Å². The van der Waals surface area contributed by atoms with Crippen molar-refractivity contribution in [1.82, 2.24) is 9.21 Å². The zero-order chi connectivity index (χ0) is 17.9. The average molecular weight is 356 g/mol. The normalized spacial score (nSPS) is 14.9. The topological polar surface area (TPSA) is 113 Å². The van der Waals surface area contributed by atoms with Gasteiger partial charge in [0.1, 0.15) is 5.69 Å². The molecule has 0 unspecified atom stereocenters. The van der Waals surface area contributed by atoms with E-state index in [1.54, 1.807) is 4.90 Å². The van der Waals surface area contributed by atoms with E-state index in [0.717, 1.165) is 23.2 Å². The second-order valence-corrected chi connectivity index (χ2v) is 7.58. The Balaban J connectivity index is 2.24. The molecule has 2 rings (SSSR count). The Kier molecular flexibility index (Phi) is 5.40. The summed E-state index contributed by atoms with van der Waals surface area (Å²) in [6.07, 6.45) is 1.83. The standard InChI is InChI=1S/C14H20N4O5S/c1-15-12-6-5-11(9-13(12)18(20)21)24(22,23)16(2)10-14(19)17-7-3-4-8-17/h5-6,9,15H,3-4,7-8,10H2,1-2H3. The molecule has 0 saturated carbocycles. The van der Waals surface area contributed by atoms with Crippen molar-refractivity contribution in [3.05, 3.63) is 28.3 Å². The minimum atomic E-state index is -3.99. The van der Waals surface area contributed by atoms with Crippen molar-refractivity contribution >= 4 is 27.3 Å². The number of rotatable bonds is 6. The first kappa shape index (κ1) is 18.1. The molecule has 1 heterocycles. The first-order chi connectivity index (χ1) is 11.3. The molecular weight excluding hydrogens is 336 g/mol. The summed E-state index contributed by atoms with van der Waals surface area (Å²) in [5, 5.41) is 13.7. The highest BCUT2D eigenvalue weighted by atomic mass is 32.2. The van der Waals surface area contributed by atoms with Crippen LogP contribution in [0.3, 0.4) is 0 Å². The Labute approximate surface area is 140 Å². The van der Waals surface area contributed by atoms with Crippen LogP contribution in [0, 0.1) is 10.1 Å². The molecule has 1 aromatic rings. The molecule has 24 heavy (non-hydrogen) atoms. The average Bonchev–Trinajstić information content (AvgIpc) is 3.08. The van der Waals surface area contributed by atoms with Gasteiger partial charge in [0.05, 0.1) is 16.4 Å². The number of nitro benzene ring substituents is 1. The van der Waals surface area contributed by atoms with Crippen molar-refractivity contribution in [2.45, 2.75) is 17.7 Å². The van der Waals surface area contributed by atoms with E-state index in [1.165, 1.54) is 26.2 Å². The molecule has 1 fully saturated rings. The number of benzene rings is 1. The highest BCUT2D eigenvalue weighted by Crippen LogP contribution is 2.28. The van der Waals surface area contributed by atoms with Gasteiger partial charge in [0, 0.05) is 33.3 Å². The van der Waals surface area contributed by atoms with E-state index in [-0.39, 0.29) is 28.7 Å². The number of amides is 1. The molecule has 9 nitrogen and oxygen atoms in total. The summed E-state index contributed by atoms with van der Waals surface area (Å²) in [5.41, 5.74) is -0.118. The maximum absolute atomic E-state index is 12.6. The molecule has 0 aromatic heterocycles. The van der Waals surface area contributed by atoms with Crippen LogP contribution in [0.25, 0.3) is 0 Å². The highest BCUT2D eigenvalue weighted by molar-refractivity contribution is 7.89. The van der Waals surface area contributed by atoms with E-state index in [1.807, 2.05) is 0 Å². The smallest absolute Gasteiger partial charge is 0.293 e. The molecule has 1 aromatic carbocycles. The number of nitro groups is 1. The van der Waals surface area contributed by atoms with Crippen molar-refractivity contribution in [3.8, 4) is 0 Å². The van der Waals surface area contributed by atoms with Crippen LogP contribution in [0.1, 0.15) is 12.8 Å². The number of carbonyl (C=O) groups is 1. The fourth-order valence-electron chi connectivity index (χ4n) is 2.56. The summed E-state index contributed by atoms with van der Waals surface area (Å²) in [5.74, 6) is -0.264. The summed E-state index contributed by atoms with van der Waals surface area (Å²) in [4.78, 5) is 23.9. The zero-order valence-electron chi connectivity index (χ0n) is 13.6. The molecule has 1 aliphatic rings. The van der Waals surface area contributed by atoms with E-state index < -0.39 is 14.9 Å².